The highest BCUT2D eigenvalue weighted by Gasteiger charge is 2.50. The van der Waals surface area contributed by atoms with E-state index in [1.165, 1.54) is 5.56 Å². The van der Waals surface area contributed by atoms with Gasteiger partial charge in [-0.25, -0.2) is 4.79 Å². The molecule has 0 radical (unpaired) electrons. The number of likely N-dealkylation sites (tertiary alicyclic amines) is 1. The number of benzene rings is 2. The second-order valence-corrected chi connectivity index (χ2v) is 8.35. The molecule has 0 saturated carbocycles. The lowest BCUT2D eigenvalue weighted by Crippen LogP contribution is -2.67. The molecule has 2 bridgehead atoms. The number of aliphatic imine (C=N–C) groups is 1. The summed E-state index contributed by atoms with van der Waals surface area (Å²) in [7, 11) is 3.85. The van der Waals surface area contributed by atoms with Crippen molar-refractivity contribution in [3.05, 3.63) is 59.2 Å². The monoisotopic (exact) mass is 392 g/mol. The molecule has 1 aliphatic heterocycles. The van der Waals surface area contributed by atoms with Gasteiger partial charge in [0.2, 0.25) is 0 Å². The average Bonchev–Trinajstić information content (AvgIpc) is 2.69. The minimum absolute atomic E-state index is 0.0398. The molecule has 6 nitrogen and oxygen atoms in total. The third-order valence-corrected chi connectivity index (χ3v) is 6.49. The standard InChI is InChI=1S/C23H28N4O2/c1-23-10-11-27(3)20(12-16-6-9-18(28)13-19(16)23)21(23)26-22(29)25-17-7-4-15(5-8-17)14-24-2/h4-9,13-14,20-21,28H,10-12H2,1-3H3,(H2,25,26,29)/b24-14+/t20-,21+,23+/m1/s1. The zero-order valence-corrected chi connectivity index (χ0v) is 17.1. The number of rotatable bonds is 3. The number of fused-ring (bicyclic) bond motifs is 4. The first-order valence-corrected chi connectivity index (χ1v) is 10.0. The summed E-state index contributed by atoms with van der Waals surface area (Å²) >= 11 is 0. The van der Waals surface area contributed by atoms with E-state index in [1.54, 1.807) is 19.3 Å². The summed E-state index contributed by atoms with van der Waals surface area (Å²) in [5.41, 5.74) is 3.92. The second-order valence-electron chi connectivity index (χ2n) is 8.35. The Bertz CT molecular complexity index is 940. The summed E-state index contributed by atoms with van der Waals surface area (Å²) in [5, 5.41) is 16.2. The summed E-state index contributed by atoms with van der Waals surface area (Å²) in [6.45, 7) is 3.17. The molecule has 0 unspecified atom stereocenters. The first kappa shape index (κ1) is 19.5. The number of amides is 2. The Hall–Kier alpha value is -2.86. The Kier molecular flexibility index (Phi) is 5.04. The fourth-order valence-corrected chi connectivity index (χ4v) is 4.85. The topological polar surface area (TPSA) is 77.0 Å². The Balaban J connectivity index is 1.56. The molecule has 2 aliphatic rings. The number of urea groups is 1. The predicted molar refractivity (Wildman–Crippen MR) is 116 cm³/mol. The van der Waals surface area contributed by atoms with Crippen LogP contribution < -0.4 is 10.6 Å². The number of anilines is 1. The maximum atomic E-state index is 12.8. The van der Waals surface area contributed by atoms with Crippen LogP contribution >= 0.6 is 0 Å². The molecule has 2 amide bonds. The third kappa shape index (κ3) is 3.60. The quantitative estimate of drug-likeness (QED) is 0.703. The highest BCUT2D eigenvalue weighted by molar-refractivity contribution is 5.90. The maximum absolute atomic E-state index is 12.8. The minimum atomic E-state index is -0.220. The highest BCUT2D eigenvalue weighted by Crippen LogP contribution is 2.45. The number of hydrogen-bond donors (Lipinski definition) is 3. The number of carbonyl (C=O) groups is 1. The van der Waals surface area contributed by atoms with Crippen LogP contribution in [0, 0.1) is 0 Å². The van der Waals surface area contributed by atoms with Crippen LogP contribution in [0.5, 0.6) is 5.75 Å². The summed E-state index contributed by atoms with van der Waals surface area (Å²) in [6.07, 6.45) is 3.56. The number of likely N-dealkylation sites (N-methyl/N-ethyl adjacent to an activating group) is 1. The minimum Gasteiger partial charge on any atom is -0.508 e. The van der Waals surface area contributed by atoms with E-state index >= 15 is 0 Å². The van der Waals surface area contributed by atoms with E-state index in [2.05, 4.69) is 34.5 Å². The van der Waals surface area contributed by atoms with Crippen LogP contribution in [0.2, 0.25) is 0 Å². The molecule has 1 fully saturated rings. The van der Waals surface area contributed by atoms with E-state index in [-0.39, 0.29) is 29.3 Å². The van der Waals surface area contributed by atoms with Gasteiger partial charge >= 0.3 is 6.03 Å². The molecule has 3 N–H and O–H groups in total. The zero-order valence-electron chi connectivity index (χ0n) is 17.1. The molecule has 1 saturated heterocycles. The van der Waals surface area contributed by atoms with Crippen LogP contribution in [-0.4, -0.2) is 55.0 Å². The van der Waals surface area contributed by atoms with Crippen molar-refractivity contribution < 1.29 is 9.90 Å². The summed E-state index contributed by atoms with van der Waals surface area (Å²) < 4.78 is 0. The maximum Gasteiger partial charge on any atom is 0.319 e. The van der Waals surface area contributed by atoms with Crippen LogP contribution in [0.3, 0.4) is 0 Å². The van der Waals surface area contributed by atoms with Gasteiger partial charge in [0.15, 0.2) is 0 Å². The molecule has 29 heavy (non-hydrogen) atoms. The number of hydrogen-bond acceptors (Lipinski definition) is 4. The molecular weight excluding hydrogens is 364 g/mol. The largest absolute Gasteiger partial charge is 0.508 e. The van der Waals surface area contributed by atoms with Gasteiger partial charge in [0.05, 0.1) is 6.04 Å². The normalized spacial score (nSPS) is 26.2. The van der Waals surface area contributed by atoms with Gasteiger partial charge in [0.1, 0.15) is 5.75 Å². The summed E-state index contributed by atoms with van der Waals surface area (Å²) in [6, 6.07) is 13.2. The van der Waals surface area contributed by atoms with Crippen molar-refractivity contribution in [2.24, 2.45) is 4.99 Å². The van der Waals surface area contributed by atoms with Gasteiger partial charge < -0.3 is 20.6 Å². The van der Waals surface area contributed by atoms with Gasteiger partial charge in [0.25, 0.3) is 0 Å². The van der Waals surface area contributed by atoms with Crippen molar-refractivity contribution in [3.8, 4) is 5.75 Å². The number of carbonyl (C=O) groups excluding carboxylic acids is 1. The van der Waals surface area contributed by atoms with Crippen molar-refractivity contribution in [2.45, 2.75) is 37.3 Å². The number of phenolic OH excluding ortho intramolecular Hbond substituents is 1. The number of phenols is 1. The van der Waals surface area contributed by atoms with Crippen LogP contribution in [0.1, 0.15) is 30.0 Å². The zero-order chi connectivity index (χ0) is 20.6. The fraction of sp³-hybridized carbons (Fsp3) is 0.391. The van der Waals surface area contributed by atoms with Crippen LogP contribution in [0.15, 0.2) is 47.5 Å². The van der Waals surface area contributed by atoms with E-state index < -0.39 is 0 Å². The molecule has 4 rings (SSSR count). The van der Waals surface area contributed by atoms with E-state index in [0.717, 1.165) is 36.2 Å². The van der Waals surface area contributed by atoms with Gasteiger partial charge in [-0.1, -0.05) is 25.1 Å². The van der Waals surface area contributed by atoms with Crippen LogP contribution in [0.4, 0.5) is 10.5 Å². The number of nitrogens with zero attached hydrogens (tertiary/aromatic N) is 2. The molecule has 152 valence electrons. The first-order chi connectivity index (χ1) is 13.9. The van der Waals surface area contributed by atoms with E-state index in [0.29, 0.717) is 0 Å². The van der Waals surface area contributed by atoms with Crippen LogP contribution in [0.25, 0.3) is 0 Å². The lowest BCUT2D eigenvalue weighted by Gasteiger charge is -2.54. The van der Waals surface area contributed by atoms with Gasteiger partial charge in [-0.3, -0.25) is 4.99 Å². The van der Waals surface area contributed by atoms with Gasteiger partial charge in [-0.05, 0) is 67.4 Å². The van der Waals surface area contributed by atoms with Crippen molar-refractivity contribution in [3.63, 3.8) is 0 Å². The van der Waals surface area contributed by atoms with Crippen molar-refractivity contribution in [1.82, 2.24) is 10.2 Å². The van der Waals surface area contributed by atoms with Gasteiger partial charge in [0, 0.05) is 30.4 Å². The van der Waals surface area contributed by atoms with Gasteiger partial charge in [-0.2, -0.15) is 0 Å². The Labute approximate surface area is 171 Å². The fourth-order valence-electron chi connectivity index (χ4n) is 4.85. The predicted octanol–water partition coefficient (Wildman–Crippen LogP) is 3.15. The first-order valence-electron chi connectivity index (χ1n) is 10.0. The van der Waals surface area contributed by atoms with Crippen molar-refractivity contribution in [1.29, 1.82) is 0 Å². The van der Waals surface area contributed by atoms with E-state index in [1.807, 2.05) is 36.4 Å². The van der Waals surface area contributed by atoms with E-state index in [4.69, 9.17) is 0 Å². The molecule has 3 atom stereocenters. The Morgan fingerprint density at radius 3 is 2.76 bits per heavy atom. The van der Waals surface area contributed by atoms with Crippen molar-refractivity contribution >= 4 is 17.9 Å². The summed E-state index contributed by atoms with van der Waals surface area (Å²) in [4.78, 5) is 19.2. The highest BCUT2D eigenvalue weighted by atomic mass is 16.3. The average molecular weight is 393 g/mol. The second kappa shape index (κ2) is 7.52. The third-order valence-electron chi connectivity index (χ3n) is 6.49. The Morgan fingerprint density at radius 1 is 1.28 bits per heavy atom. The molecule has 0 spiro atoms. The molecule has 2 aromatic rings. The lowest BCUT2D eigenvalue weighted by atomic mass is 9.61. The Morgan fingerprint density at radius 2 is 2.03 bits per heavy atom. The molecular formula is C23H28N4O2. The molecule has 1 aliphatic carbocycles. The smallest absolute Gasteiger partial charge is 0.319 e. The summed E-state index contributed by atoms with van der Waals surface area (Å²) in [5.74, 6) is 0.279. The molecule has 6 heteroatoms. The SMILES string of the molecule is C/N=C/c1ccc(NC(=O)N[C@H]2[C@H]3Cc4ccc(O)cc4[C@]2(C)CCN3C)cc1. The molecule has 1 heterocycles. The van der Waals surface area contributed by atoms with Crippen LogP contribution in [-0.2, 0) is 11.8 Å². The number of piperidine rings is 1. The molecule has 2 aromatic carbocycles. The van der Waals surface area contributed by atoms with Crippen molar-refractivity contribution in [2.75, 3.05) is 26.0 Å². The molecule has 0 aromatic heterocycles. The lowest BCUT2D eigenvalue weighted by molar-refractivity contribution is 0.0718. The van der Waals surface area contributed by atoms with E-state index in [9.17, 15) is 9.90 Å². The number of aromatic hydroxyl groups is 1. The van der Waals surface area contributed by atoms with Gasteiger partial charge in [-0.15, -0.1) is 0 Å². The number of nitrogens with one attached hydrogen (secondary N) is 2.